The van der Waals surface area contributed by atoms with Gasteiger partial charge in [0.05, 0.1) is 0 Å². The van der Waals surface area contributed by atoms with Gasteiger partial charge < -0.3 is 5.32 Å². The first kappa shape index (κ1) is 11.3. The van der Waals surface area contributed by atoms with Crippen LogP contribution in [0.2, 0.25) is 0 Å². The zero-order valence-electron chi connectivity index (χ0n) is 10.6. The van der Waals surface area contributed by atoms with Gasteiger partial charge in [-0.25, -0.2) is 0 Å². The number of hydrogen-bond acceptors (Lipinski definition) is 1. The van der Waals surface area contributed by atoms with E-state index in [2.05, 4.69) is 29.6 Å². The zero-order valence-corrected chi connectivity index (χ0v) is 10.6. The number of nitrogens with one attached hydrogen (secondary N) is 1. The third kappa shape index (κ3) is 2.55. The smallest absolute Gasteiger partial charge is 0.00203 e. The molecule has 0 aromatic heterocycles. The largest absolute Gasteiger partial charge is 0.316 e. The highest BCUT2D eigenvalue weighted by Crippen LogP contribution is 2.31. The number of fused-ring (bicyclic) bond motifs is 1. The van der Waals surface area contributed by atoms with Gasteiger partial charge >= 0.3 is 0 Å². The number of benzene rings is 1. The quantitative estimate of drug-likeness (QED) is 0.833. The SMILES string of the molecule is c1ccc2c(c1)CCCC2CNCC1CCC1. The van der Waals surface area contributed by atoms with Crippen molar-refractivity contribution in [1.82, 2.24) is 5.32 Å². The summed E-state index contributed by atoms with van der Waals surface area (Å²) in [5.74, 6) is 1.74. The molecule has 1 unspecified atom stereocenters. The predicted molar refractivity (Wildman–Crippen MR) is 72.3 cm³/mol. The zero-order chi connectivity index (χ0) is 11.5. The van der Waals surface area contributed by atoms with E-state index in [1.807, 2.05) is 0 Å². The topological polar surface area (TPSA) is 12.0 Å². The molecule has 0 amide bonds. The molecule has 2 aliphatic rings. The number of rotatable bonds is 4. The van der Waals surface area contributed by atoms with E-state index in [1.165, 1.54) is 51.6 Å². The van der Waals surface area contributed by atoms with Crippen molar-refractivity contribution in [2.45, 2.75) is 44.4 Å². The molecule has 0 radical (unpaired) electrons. The van der Waals surface area contributed by atoms with Crippen LogP contribution in [0.3, 0.4) is 0 Å². The van der Waals surface area contributed by atoms with Crippen LogP contribution >= 0.6 is 0 Å². The maximum atomic E-state index is 3.70. The molecule has 0 aliphatic heterocycles. The molecule has 1 aromatic carbocycles. The van der Waals surface area contributed by atoms with Gasteiger partial charge in [0.25, 0.3) is 0 Å². The van der Waals surface area contributed by atoms with E-state index < -0.39 is 0 Å². The van der Waals surface area contributed by atoms with Gasteiger partial charge in [-0.15, -0.1) is 0 Å². The molecule has 3 rings (SSSR count). The van der Waals surface area contributed by atoms with Crippen molar-refractivity contribution < 1.29 is 0 Å². The Hall–Kier alpha value is -0.820. The lowest BCUT2D eigenvalue weighted by Crippen LogP contribution is -2.31. The molecule has 92 valence electrons. The van der Waals surface area contributed by atoms with Gasteiger partial charge in [0.15, 0.2) is 0 Å². The van der Waals surface area contributed by atoms with Crippen molar-refractivity contribution in [2.24, 2.45) is 5.92 Å². The lowest BCUT2D eigenvalue weighted by atomic mass is 9.82. The Morgan fingerprint density at radius 1 is 1.00 bits per heavy atom. The second kappa shape index (κ2) is 5.22. The maximum absolute atomic E-state index is 3.70. The molecule has 1 aromatic rings. The summed E-state index contributed by atoms with van der Waals surface area (Å²) in [6.07, 6.45) is 8.39. The van der Waals surface area contributed by atoms with Crippen LogP contribution in [-0.4, -0.2) is 13.1 Å². The highest BCUT2D eigenvalue weighted by Gasteiger charge is 2.21. The minimum atomic E-state index is 0.764. The molecule has 0 bridgehead atoms. The predicted octanol–water partition coefficient (Wildman–Crippen LogP) is 3.50. The second-order valence-corrected chi connectivity index (χ2v) is 5.74. The van der Waals surface area contributed by atoms with Crippen LogP contribution in [0.5, 0.6) is 0 Å². The van der Waals surface area contributed by atoms with E-state index in [-0.39, 0.29) is 0 Å². The molecule has 0 saturated heterocycles. The van der Waals surface area contributed by atoms with E-state index in [9.17, 15) is 0 Å². The molecule has 1 fully saturated rings. The van der Waals surface area contributed by atoms with E-state index in [0.29, 0.717) is 0 Å². The minimum absolute atomic E-state index is 0.764. The average molecular weight is 229 g/mol. The fourth-order valence-electron chi connectivity index (χ4n) is 3.23. The van der Waals surface area contributed by atoms with Crippen LogP contribution in [-0.2, 0) is 6.42 Å². The third-order valence-electron chi connectivity index (χ3n) is 4.54. The molecule has 1 heteroatoms. The molecule has 1 atom stereocenters. The summed E-state index contributed by atoms with van der Waals surface area (Å²) >= 11 is 0. The summed E-state index contributed by atoms with van der Waals surface area (Å²) in [6.45, 7) is 2.44. The van der Waals surface area contributed by atoms with Crippen molar-refractivity contribution in [2.75, 3.05) is 13.1 Å². The molecule has 0 spiro atoms. The fraction of sp³-hybridized carbons (Fsp3) is 0.625. The van der Waals surface area contributed by atoms with Gasteiger partial charge in [0.1, 0.15) is 0 Å². The third-order valence-corrected chi connectivity index (χ3v) is 4.54. The van der Waals surface area contributed by atoms with Crippen molar-refractivity contribution >= 4 is 0 Å². The highest BCUT2D eigenvalue weighted by atomic mass is 14.9. The minimum Gasteiger partial charge on any atom is -0.316 e. The molecule has 0 heterocycles. The molecule has 1 N–H and O–H groups in total. The van der Waals surface area contributed by atoms with Crippen LogP contribution in [0, 0.1) is 5.92 Å². The molecular weight excluding hydrogens is 206 g/mol. The first-order valence-corrected chi connectivity index (χ1v) is 7.22. The van der Waals surface area contributed by atoms with E-state index in [0.717, 1.165) is 11.8 Å². The second-order valence-electron chi connectivity index (χ2n) is 5.74. The standard InChI is InChI=1S/C16H23N/c1-2-10-16-14(7-1)8-4-9-15(16)12-17-11-13-5-3-6-13/h1-2,7,10,13,15,17H,3-6,8-9,11-12H2. The van der Waals surface area contributed by atoms with Gasteiger partial charge in [-0.2, -0.15) is 0 Å². The number of hydrogen-bond donors (Lipinski definition) is 1. The number of aryl methyl sites for hydroxylation is 1. The Bertz CT molecular complexity index is 368. The molecule has 17 heavy (non-hydrogen) atoms. The molecule has 1 nitrogen and oxygen atoms in total. The summed E-state index contributed by atoms with van der Waals surface area (Å²) in [5, 5.41) is 3.70. The molecular formula is C16H23N. The van der Waals surface area contributed by atoms with Crippen LogP contribution in [0.15, 0.2) is 24.3 Å². The van der Waals surface area contributed by atoms with E-state index >= 15 is 0 Å². The lowest BCUT2D eigenvalue weighted by Gasteiger charge is -2.29. The molecule has 1 saturated carbocycles. The normalized spacial score (nSPS) is 24.1. The van der Waals surface area contributed by atoms with Crippen molar-refractivity contribution in [3.8, 4) is 0 Å². The van der Waals surface area contributed by atoms with Crippen LogP contribution < -0.4 is 5.32 Å². The monoisotopic (exact) mass is 229 g/mol. The first-order chi connectivity index (χ1) is 8.43. The summed E-state index contributed by atoms with van der Waals surface area (Å²) in [7, 11) is 0. The lowest BCUT2D eigenvalue weighted by molar-refractivity contribution is 0.298. The van der Waals surface area contributed by atoms with Gasteiger partial charge in [-0.05, 0) is 61.6 Å². The van der Waals surface area contributed by atoms with Gasteiger partial charge in [-0.1, -0.05) is 30.7 Å². The van der Waals surface area contributed by atoms with Gasteiger partial charge in [0, 0.05) is 6.54 Å². The molecule has 2 aliphatic carbocycles. The van der Waals surface area contributed by atoms with Gasteiger partial charge in [-0.3, -0.25) is 0 Å². The van der Waals surface area contributed by atoms with E-state index in [1.54, 1.807) is 11.1 Å². The van der Waals surface area contributed by atoms with Crippen LogP contribution in [0.25, 0.3) is 0 Å². The van der Waals surface area contributed by atoms with Gasteiger partial charge in [0.2, 0.25) is 0 Å². The first-order valence-electron chi connectivity index (χ1n) is 7.22. The van der Waals surface area contributed by atoms with Crippen molar-refractivity contribution in [3.05, 3.63) is 35.4 Å². The highest BCUT2D eigenvalue weighted by molar-refractivity contribution is 5.32. The Morgan fingerprint density at radius 2 is 1.88 bits per heavy atom. The van der Waals surface area contributed by atoms with E-state index in [4.69, 9.17) is 0 Å². The fourth-order valence-corrected chi connectivity index (χ4v) is 3.23. The van der Waals surface area contributed by atoms with Crippen LogP contribution in [0.1, 0.15) is 49.1 Å². The Labute approximate surface area is 105 Å². The average Bonchev–Trinajstić information content (AvgIpc) is 2.32. The Balaban J connectivity index is 1.56. The van der Waals surface area contributed by atoms with Crippen LogP contribution in [0.4, 0.5) is 0 Å². The summed E-state index contributed by atoms with van der Waals surface area (Å²) in [5.41, 5.74) is 3.20. The summed E-state index contributed by atoms with van der Waals surface area (Å²) < 4.78 is 0. The Kier molecular flexibility index (Phi) is 3.46. The Morgan fingerprint density at radius 3 is 2.71 bits per heavy atom. The summed E-state index contributed by atoms with van der Waals surface area (Å²) in [4.78, 5) is 0. The summed E-state index contributed by atoms with van der Waals surface area (Å²) in [6, 6.07) is 9.03. The maximum Gasteiger partial charge on any atom is 0.00203 e. The van der Waals surface area contributed by atoms with Crippen molar-refractivity contribution in [3.63, 3.8) is 0 Å². The van der Waals surface area contributed by atoms with Crippen molar-refractivity contribution in [1.29, 1.82) is 0 Å².